The van der Waals surface area contributed by atoms with Crippen molar-refractivity contribution in [1.82, 2.24) is 9.55 Å². The van der Waals surface area contributed by atoms with Crippen LogP contribution < -0.4 is 5.32 Å². The quantitative estimate of drug-likeness (QED) is 0.796. The van der Waals surface area contributed by atoms with Crippen molar-refractivity contribution in [3.05, 3.63) is 25.0 Å². The Morgan fingerprint density at radius 1 is 1.60 bits per heavy atom. The summed E-state index contributed by atoms with van der Waals surface area (Å²) >= 11 is 2.05. The van der Waals surface area contributed by atoms with Crippen LogP contribution in [0.3, 0.4) is 0 Å². The summed E-state index contributed by atoms with van der Waals surface area (Å²) in [6.45, 7) is 4.48. The predicted molar refractivity (Wildman–Crippen MR) is 66.5 cm³/mol. The molecule has 0 amide bonds. The van der Waals surface area contributed by atoms with E-state index < -0.39 is 0 Å². The van der Waals surface area contributed by atoms with Gasteiger partial charge in [0.2, 0.25) is 5.95 Å². The van der Waals surface area contributed by atoms with Gasteiger partial charge in [0.15, 0.2) is 0 Å². The molecule has 0 saturated carbocycles. The minimum Gasteiger partial charge on any atom is -0.352 e. The first-order valence-electron chi connectivity index (χ1n) is 5.37. The van der Waals surface area contributed by atoms with Gasteiger partial charge in [0, 0.05) is 25.0 Å². The van der Waals surface area contributed by atoms with E-state index in [1.807, 2.05) is 24.0 Å². The van der Waals surface area contributed by atoms with Crippen LogP contribution in [0.4, 0.5) is 5.95 Å². The van der Waals surface area contributed by atoms with Gasteiger partial charge in [-0.15, -0.1) is 6.58 Å². The van der Waals surface area contributed by atoms with Crippen molar-refractivity contribution in [1.29, 1.82) is 0 Å². The molecule has 3 nitrogen and oxygen atoms in total. The third-order valence-corrected chi connectivity index (χ3v) is 3.71. The SMILES string of the molecule is C=CCNc1nccn1C1CCSCC1. The van der Waals surface area contributed by atoms with E-state index in [0.717, 1.165) is 12.5 Å². The second-order valence-electron chi connectivity index (χ2n) is 3.67. The standard InChI is InChI=1S/C11H17N3S/c1-2-5-12-11-13-6-7-14(11)10-3-8-15-9-4-10/h2,6-7,10H,1,3-5,8-9H2,(H,12,13). The molecule has 1 saturated heterocycles. The van der Waals surface area contributed by atoms with Crippen LogP contribution in [-0.4, -0.2) is 27.6 Å². The summed E-state index contributed by atoms with van der Waals surface area (Å²) in [6, 6.07) is 0.626. The third kappa shape index (κ3) is 2.56. The average Bonchev–Trinajstić information content (AvgIpc) is 2.75. The monoisotopic (exact) mass is 223 g/mol. The summed E-state index contributed by atoms with van der Waals surface area (Å²) in [7, 11) is 0. The van der Waals surface area contributed by atoms with Gasteiger partial charge in [-0.05, 0) is 24.3 Å². The van der Waals surface area contributed by atoms with Crippen molar-refractivity contribution in [2.75, 3.05) is 23.4 Å². The summed E-state index contributed by atoms with van der Waals surface area (Å²) < 4.78 is 2.27. The molecule has 0 unspecified atom stereocenters. The normalized spacial score (nSPS) is 17.6. The van der Waals surface area contributed by atoms with Gasteiger partial charge in [0.1, 0.15) is 0 Å². The number of nitrogens with one attached hydrogen (secondary N) is 1. The van der Waals surface area contributed by atoms with Gasteiger partial charge in [0.05, 0.1) is 0 Å². The second kappa shape index (κ2) is 5.26. The van der Waals surface area contributed by atoms with Crippen molar-refractivity contribution in [2.24, 2.45) is 0 Å². The molecule has 0 radical (unpaired) electrons. The fourth-order valence-electron chi connectivity index (χ4n) is 1.87. The largest absolute Gasteiger partial charge is 0.352 e. The second-order valence-corrected chi connectivity index (χ2v) is 4.90. The van der Waals surface area contributed by atoms with E-state index in [2.05, 4.69) is 27.6 Å². The van der Waals surface area contributed by atoms with Crippen molar-refractivity contribution in [2.45, 2.75) is 18.9 Å². The maximum Gasteiger partial charge on any atom is 0.203 e. The number of aromatic nitrogens is 2. The van der Waals surface area contributed by atoms with Crippen LogP contribution in [0.2, 0.25) is 0 Å². The minimum absolute atomic E-state index is 0.626. The Balaban J connectivity index is 2.05. The van der Waals surface area contributed by atoms with Crippen LogP contribution in [0.15, 0.2) is 25.0 Å². The number of rotatable bonds is 4. The van der Waals surface area contributed by atoms with E-state index in [0.29, 0.717) is 6.04 Å². The number of thioether (sulfide) groups is 1. The van der Waals surface area contributed by atoms with Crippen LogP contribution in [0.25, 0.3) is 0 Å². The van der Waals surface area contributed by atoms with E-state index in [1.54, 1.807) is 0 Å². The van der Waals surface area contributed by atoms with Crippen molar-refractivity contribution in [3.63, 3.8) is 0 Å². The third-order valence-electron chi connectivity index (χ3n) is 2.66. The van der Waals surface area contributed by atoms with Gasteiger partial charge in [-0.2, -0.15) is 11.8 Å². The van der Waals surface area contributed by atoms with E-state index in [9.17, 15) is 0 Å². The molecular weight excluding hydrogens is 206 g/mol. The van der Waals surface area contributed by atoms with E-state index in [4.69, 9.17) is 0 Å². The fourth-order valence-corrected chi connectivity index (χ4v) is 2.95. The summed E-state index contributed by atoms with van der Waals surface area (Å²) in [5.41, 5.74) is 0. The summed E-state index contributed by atoms with van der Waals surface area (Å²) in [5.74, 6) is 3.51. The zero-order valence-corrected chi connectivity index (χ0v) is 9.67. The van der Waals surface area contributed by atoms with Crippen LogP contribution in [-0.2, 0) is 0 Å². The number of hydrogen-bond donors (Lipinski definition) is 1. The molecule has 1 aromatic heterocycles. The van der Waals surface area contributed by atoms with Gasteiger partial charge in [-0.25, -0.2) is 4.98 Å². The summed E-state index contributed by atoms with van der Waals surface area (Å²) in [4.78, 5) is 4.33. The van der Waals surface area contributed by atoms with Crippen molar-refractivity contribution >= 4 is 17.7 Å². The number of nitrogens with zero attached hydrogens (tertiary/aromatic N) is 2. The molecule has 1 aliphatic rings. The average molecular weight is 223 g/mol. The maximum absolute atomic E-state index is 4.33. The van der Waals surface area contributed by atoms with Crippen LogP contribution in [0, 0.1) is 0 Å². The van der Waals surface area contributed by atoms with Crippen molar-refractivity contribution < 1.29 is 0 Å². The first-order valence-corrected chi connectivity index (χ1v) is 6.52. The van der Waals surface area contributed by atoms with E-state index in [1.165, 1.54) is 24.3 Å². The van der Waals surface area contributed by atoms with Crippen LogP contribution >= 0.6 is 11.8 Å². The number of anilines is 1. The van der Waals surface area contributed by atoms with Gasteiger partial charge >= 0.3 is 0 Å². The number of imidazole rings is 1. The molecule has 0 spiro atoms. The number of hydrogen-bond acceptors (Lipinski definition) is 3. The summed E-state index contributed by atoms with van der Waals surface area (Å²) in [5, 5.41) is 3.27. The fraction of sp³-hybridized carbons (Fsp3) is 0.545. The highest BCUT2D eigenvalue weighted by molar-refractivity contribution is 7.99. The van der Waals surface area contributed by atoms with Gasteiger partial charge in [0.25, 0.3) is 0 Å². The molecule has 15 heavy (non-hydrogen) atoms. The molecule has 0 atom stereocenters. The summed E-state index contributed by atoms with van der Waals surface area (Å²) in [6.07, 6.45) is 8.31. The zero-order chi connectivity index (χ0) is 10.5. The topological polar surface area (TPSA) is 29.9 Å². The molecule has 1 aliphatic heterocycles. The molecule has 1 aromatic rings. The van der Waals surface area contributed by atoms with Crippen LogP contribution in [0.1, 0.15) is 18.9 Å². The lowest BCUT2D eigenvalue weighted by molar-refractivity contribution is 0.474. The highest BCUT2D eigenvalue weighted by atomic mass is 32.2. The predicted octanol–water partition coefficient (Wildman–Crippen LogP) is 2.55. The highest BCUT2D eigenvalue weighted by Gasteiger charge is 2.17. The molecule has 0 bridgehead atoms. The zero-order valence-electron chi connectivity index (χ0n) is 8.85. The molecule has 82 valence electrons. The van der Waals surface area contributed by atoms with E-state index in [-0.39, 0.29) is 0 Å². The molecule has 1 N–H and O–H groups in total. The van der Waals surface area contributed by atoms with Crippen LogP contribution in [0.5, 0.6) is 0 Å². The Kier molecular flexibility index (Phi) is 3.72. The molecule has 4 heteroatoms. The smallest absolute Gasteiger partial charge is 0.203 e. The minimum atomic E-state index is 0.626. The molecule has 0 aromatic carbocycles. The highest BCUT2D eigenvalue weighted by Crippen LogP contribution is 2.28. The molecule has 2 heterocycles. The van der Waals surface area contributed by atoms with Gasteiger partial charge < -0.3 is 9.88 Å². The molecule has 1 fully saturated rings. The lowest BCUT2D eigenvalue weighted by Crippen LogP contribution is -2.17. The molecular formula is C11H17N3S. The Labute approximate surface area is 95.0 Å². The van der Waals surface area contributed by atoms with Gasteiger partial charge in [-0.3, -0.25) is 0 Å². The lowest BCUT2D eigenvalue weighted by Gasteiger charge is -2.24. The lowest BCUT2D eigenvalue weighted by atomic mass is 10.1. The van der Waals surface area contributed by atoms with Gasteiger partial charge in [-0.1, -0.05) is 6.08 Å². The van der Waals surface area contributed by atoms with E-state index >= 15 is 0 Å². The first kappa shape index (κ1) is 10.6. The Morgan fingerprint density at radius 3 is 3.13 bits per heavy atom. The Hall–Kier alpha value is -0.900. The first-order chi connectivity index (χ1) is 7.42. The Morgan fingerprint density at radius 2 is 2.40 bits per heavy atom. The molecule has 0 aliphatic carbocycles. The maximum atomic E-state index is 4.33. The molecule has 2 rings (SSSR count). The Bertz CT molecular complexity index is 315. The van der Waals surface area contributed by atoms with Crippen molar-refractivity contribution in [3.8, 4) is 0 Å².